The van der Waals surface area contributed by atoms with E-state index in [1.807, 2.05) is 43.3 Å². The Kier molecular flexibility index (Phi) is 6.29. The normalized spacial score (nSPS) is 14.2. The molecule has 1 fully saturated rings. The summed E-state index contributed by atoms with van der Waals surface area (Å²) in [7, 11) is 3.51. The Morgan fingerprint density at radius 2 is 2.00 bits per heavy atom. The smallest absolute Gasteiger partial charge is 0.319 e. The summed E-state index contributed by atoms with van der Waals surface area (Å²) in [4.78, 5) is 30.4. The molecular formula is C22H28N4O2. The Morgan fingerprint density at radius 1 is 1.21 bits per heavy atom. The van der Waals surface area contributed by atoms with Gasteiger partial charge in [-0.05, 0) is 61.4 Å². The first-order valence-electron chi connectivity index (χ1n) is 9.72. The summed E-state index contributed by atoms with van der Waals surface area (Å²) < 4.78 is 0. The van der Waals surface area contributed by atoms with Gasteiger partial charge in [0.15, 0.2) is 0 Å². The van der Waals surface area contributed by atoms with Gasteiger partial charge in [-0.2, -0.15) is 0 Å². The predicted molar refractivity (Wildman–Crippen MR) is 110 cm³/mol. The Morgan fingerprint density at radius 3 is 2.68 bits per heavy atom. The summed E-state index contributed by atoms with van der Waals surface area (Å²) in [6.07, 6.45) is 5.08. The molecular weight excluding hydrogens is 352 g/mol. The molecule has 3 amide bonds. The SMILES string of the molecule is Cc1cccnc1[C@@H](NC(=O)Nc1cccc(CCC(=O)N(C)C)c1)C1CC1. The first-order chi connectivity index (χ1) is 13.4. The molecule has 0 unspecified atom stereocenters. The molecule has 0 aliphatic heterocycles. The molecule has 6 heteroatoms. The number of amides is 3. The van der Waals surface area contributed by atoms with Gasteiger partial charge in [0.2, 0.25) is 5.91 Å². The standard InChI is InChI=1S/C22H28N4O2/c1-15-6-5-13-23-20(15)21(17-10-11-17)25-22(28)24-18-8-4-7-16(14-18)9-12-19(27)26(2)3/h4-8,13-14,17,21H,9-12H2,1-3H3,(H2,24,25,28)/t21-/m0/s1. The Balaban J connectivity index is 1.62. The van der Waals surface area contributed by atoms with Gasteiger partial charge in [0.05, 0.1) is 11.7 Å². The maximum Gasteiger partial charge on any atom is 0.319 e. The summed E-state index contributed by atoms with van der Waals surface area (Å²) >= 11 is 0. The fourth-order valence-corrected chi connectivity index (χ4v) is 3.25. The largest absolute Gasteiger partial charge is 0.349 e. The van der Waals surface area contributed by atoms with Gasteiger partial charge in [0, 0.05) is 32.4 Å². The fraction of sp³-hybridized carbons (Fsp3) is 0.409. The second-order valence-corrected chi connectivity index (χ2v) is 7.61. The predicted octanol–water partition coefficient (Wildman–Crippen LogP) is 3.68. The number of aromatic nitrogens is 1. The number of hydrogen-bond donors (Lipinski definition) is 2. The van der Waals surface area contributed by atoms with Crippen molar-refractivity contribution in [3.8, 4) is 0 Å². The zero-order valence-corrected chi connectivity index (χ0v) is 16.7. The van der Waals surface area contributed by atoms with E-state index in [-0.39, 0.29) is 18.0 Å². The van der Waals surface area contributed by atoms with Crippen LogP contribution in [-0.2, 0) is 11.2 Å². The quantitative estimate of drug-likeness (QED) is 0.769. The van der Waals surface area contributed by atoms with E-state index in [1.165, 1.54) is 0 Å². The van der Waals surface area contributed by atoms with Gasteiger partial charge in [0.25, 0.3) is 0 Å². The number of benzene rings is 1. The number of anilines is 1. The van der Waals surface area contributed by atoms with Crippen LogP contribution in [0.2, 0.25) is 0 Å². The third kappa shape index (κ3) is 5.31. The molecule has 1 aliphatic rings. The van der Waals surface area contributed by atoms with Crippen molar-refractivity contribution in [2.45, 2.75) is 38.6 Å². The average Bonchev–Trinajstić information content (AvgIpc) is 3.50. The van der Waals surface area contributed by atoms with Crippen LogP contribution in [0.3, 0.4) is 0 Å². The molecule has 0 saturated heterocycles. The van der Waals surface area contributed by atoms with Gasteiger partial charge in [-0.25, -0.2) is 4.79 Å². The fourth-order valence-electron chi connectivity index (χ4n) is 3.25. The maximum absolute atomic E-state index is 12.6. The second kappa shape index (κ2) is 8.87. The van der Waals surface area contributed by atoms with Crippen LogP contribution >= 0.6 is 0 Å². The second-order valence-electron chi connectivity index (χ2n) is 7.61. The van der Waals surface area contributed by atoms with Gasteiger partial charge in [-0.3, -0.25) is 9.78 Å². The first-order valence-corrected chi connectivity index (χ1v) is 9.72. The van der Waals surface area contributed by atoms with E-state index in [2.05, 4.69) is 15.6 Å². The third-order valence-corrected chi connectivity index (χ3v) is 5.04. The number of hydrogen-bond acceptors (Lipinski definition) is 3. The summed E-state index contributed by atoms with van der Waals surface area (Å²) in [6, 6.07) is 11.3. The zero-order valence-electron chi connectivity index (χ0n) is 16.7. The number of carbonyl (C=O) groups is 2. The van der Waals surface area contributed by atoms with Gasteiger partial charge in [0.1, 0.15) is 0 Å². The van der Waals surface area contributed by atoms with Crippen molar-refractivity contribution in [1.29, 1.82) is 0 Å². The van der Waals surface area contributed by atoms with Crippen molar-refractivity contribution >= 4 is 17.6 Å². The number of nitrogens with one attached hydrogen (secondary N) is 2. The average molecular weight is 380 g/mol. The van der Waals surface area contributed by atoms with Crippen LogP contribution in [-0.4, -0.2) is 35.9 Å². The number of pyridine rings is 1. The van der Waals surface area contributed by atoms with E-state index in [1.54, 1.807) is 25.2 Å². The van der Waals surface area contributed by atoms with Crippen LogP contribution in [0, 0.1) is 12.8 Å². The summed E-state index contributed by atoms with van der Waals surface area (Å²) in [5.41, 5.74) is 3.77. The molecule has 6 nitrogen and oxygen atoms in total. The van der Waals surface area contributed by atoms with E-state index in [4.69, 9.17) is 0 Å². The topological polar surface area (TPSA) is 74.3 Å². The Bertz CT molecular complexity index is 846. The lowest BCUT2D eigenvalue weighted by atomic mass is 10.0. The third-order valence-electron chi connectivity index (χ3n) is 5.04. The van der Waals surface area contributed by atoms with Gasteiger partial charge in [-0.15, -0.1) is 0 Å². The highest BCUT2D eigenvalue weighted by Gasteiger charge is 2.35. The lowest BCUT2D eigenvalue weighted by Gasteiger charge is -2.20. The molecule has 2 aromatic rings. The van der Waals surface area contributed by atoms with E-state index >= 15 is 0 Å². The van der Waals surface area contributed by atoms with E-state index in [9.17, 15) is 9.59 Å². The molecule has 0 radical (unpaired) electrons. The highest BCUT2D eigenvalue weighted by atomic mass is 16.2. The number of nitrogens with zero attached hydrogens (tertiary/aromatic N) is 2. The molecule has 3 rings (SSSR count). The summed E-state index contributed by atoms with van der Waals surface area (Å²) in [6.45, 7) is 2.02. The number of carbonyl (C=O) groups excluding carboxylic acids is 2. The minimum atomic E-state index is -0.233. The highest BCUT2D eigenvalue weighted by Crippen LogP contribution is 2.41. The minimum Gasteiger partial charge on any atom is -0.349 e. The zero-order chi connectivity index (χ0) is 20.1. The lowest BCUT2D eigenvalue weighted by Crippen LogP contribution is -2.34. The Hall–Kier alpha value is -2.89. The maximum atomic E-state index is 12.6. The molecule has 1 atom stereocenters. The van der Waals surface area contributed by atoms with Crippen LogP contribution in [0.4, 0.5) is 10.5 Å². The molecule has 1 aromatic carbocycles. The molecule has 1 aromatic heterocycles. The summed E-state index contributed by atoms with van der Waals surface area (Å²) in [5.74, 6) is 0.539. The van der Waals surface area contributed by atoms with Gasteiger partial charge < -0.3 is 15.5 Å². The monoisotopic (exact) mass is 380 g/mol. The molecule has 0 bridgehead atoms. The number of aryl methyl sites for hydroxylation is 2. The van der Waals surface area contributed by atoms with Crippen LogP contribution in [0.5, 0.6) is 0 Å². The molecule has 28 heavy (non-hydrogen) atoms. The Labute approximate surface area is 166 Å². The molecule has 148 valence electrons. The van der Waals surface area contributed by atoms with Crippen LogP contribution in [0.1, 0.15) is 42.1 Å². The van der Waals surface area contributed by atoms with Crippen molar-refractivity contribution in [3.05, 3.63) is 59.4 Å². The molecule has 1 aliphatic carbocycles. The van der Waals surface area contributed by atoms with Crippen LogP contribution < -0.4 is 10.6 Å². The first kappa shape index (κ1) is 19.9. The molecule has 1 heterocycles. The lowest BCUT2D eigenvalue weighted by molar-refractivity contribution is -0.128. The minimum absolute atomic E-state index is 0.0675. The van der Waals surface area contributed by atoms with Crippen molar-refractivity contribution in [1.82, 2.24) is 15.2 Å². The molecule has 2 N–H and O–H groups in total. The van der Waals surface area contributed by atoms with Crippen LogP contribution in [0.15, 0.2) is 42.6 Å². The van der Waals surface area contributed by atoms with Crippen LogP contribution in [0.25, 0.3) is 0 Å². The molecule has 1 saturated carbocycles. The van der Waals surface area contributed by atoms with Gasteiger partial charge >= 0.3 is 6.03 Å². The van der Waals surface area contributed by atoms with Crippen molar-refractivity contribution in [2.75, 3.05) is 19.4 Å². The van der Waals surface area contributed by atoms with Crippen molar-refractivity contribution < 1.29 is 9.59 Å². The van der Waals surface area contributed by atoms with Gasteiger partial charge in [-0.1, -0.05) is 18.2 Å². The van der Waals surface area contributed by atoms with E-state index < -0.39 is 0 Å². The number of urea groups is 1. The van der Waals surface area contributed by atoms with Crippen molar-refractivity contribution in [2.24, 2.45) is 5.92 Å². The number of rotatable bonds is 7. The highest BCUT2D eigenvalue weighted by molar-refractivity contribution is 5.89. The van der Waals surface area contributed by atoms with E-state index in [0.717, 1.165) is 35.3 Å². The molecule has 0 spiro atoms. The van der Waals surface area contributed by atoms with Crippen molar-refractivity contribution in [3.63, 3.8) is 0 Å². The van der Waals surface area contributed by atoms with E-state index in [0.29, 0.717) is 18.8 Å². The summed E-state index contributed by atoms with van der Waals surface area (Å²) in [5, 5.41) is 6.02.